The lowest BCUT2D eigenvalue weighted by Gasteiger charge is -2.36. The van der Waals surface area contributed by atoms with Gasteiger partial charge in [0, 0.05) is 35.6 Å². The van der Waals surface area contributed by atoms with Crippen LogP contribution in [0.3, 0.4) is 0 Å². The molecule has 3 heterocycles. The minimum atomic E-state index is -2.62. The Morgan fingerprint density at radius 2 is 1.74 bits per heavy atom. The molecule has 1 atom stereocenters. The van der Waals surface area contributed by atoms with Crippen molar-refractivity contribution in [3.05, 3.63) is 83.4 Å². The highest BCUT2D eigenvalue weighted by atomic mass is 19.3. The summed E-state index contributed by atoms with van der Waals surface area (Å²) >= 11 is 0. The van der Waals surface area contributed by atoms with Crippen molar-refractivity contribution in [2.75, 3.05) is 0 Å². The first kappa shape index (κ1) is 25.7. The van der Waals surface area contributed by atoms with Crippen molar-refractivity contribution in [3.8, 4) is 11.1 Å². The van der Waals surface area contributed by atoms with Crippen LogP contribution < -0.4 is 0 Å². The molecule has 2 aromatic carbocycles. The first-order chi connectivity index (χ1) is 18.5. The fourth-order valence-corrected chi connectivity index (χ4v) is 6.28. The molecule has 1 aliphatic carbocycles. The molecule has 1 saturated carbocycles. The first-order valence-electron chi connectivity index (χ1n) is 13.6. The number of fused-ring (bicyclic) bond motifs is 3. The molecule has 39 heavy (non-hydrogen) atoms. The third kappa shape index (κ3) is 4.52. The van der Waals surface area contributed by atoms with Gasteiger partial charge >= 0.3 is 0 Å². The number of rotatable bonds is 5. The van der Waals surface area contributed by atoms with Crippen LogP contribution in [0.15, 0.2) is 65.3 Å². The fourth-order valence-electron chi connectivity index (χ4n) is 6.28. The molecule has 0 bridgehead atoms. The van der Waals surface area contributed by atoms with Gasteiger partial charge in [-0.2, -0.15) is 0 Å². The summed E-state index contributed by atoms with van der Waals surface area (Å²) in [6.07, 6.45) is 2.47. The minimum absolute atomic E-state index is 0.0133. The molecule has 3 aromatic heterocycles. The van der Waals surface area contributed by atoms with Crippen molar-refractivity contribution < 1.29 is 18.4 Å². The molecule has 0 radical (unpaired) electrons. The highest BCUT2D eigenvalue weighted by molar-refractivity contribution is 6.07. The lowest BCUT2D eigenvalue weighted by molar-refractivity contribution is -0.0493. The Hall–Kier alpha value is -3.58. The lowest BCUT2D eigenvalue weighted by Crippen LogP contribution is -2.30. The van der Waals surface area contributed by atoms with Crippen LogP contribution in [0.4, 0.5) is 8.78 Å². The van der Waals surface area contributed by atoms with Crippen LogP contribution in [0.2, 0.25) is 0 Å². The van der Waals surface area contributed by atoms with Gasteiger partial charge in [0.25, 0.3) is 0 Å². The summed E-state index contributed by atoms with van der Waals surface area (Å²) in [5.74, 6) is -1.89. The van der Waals surface area contributed by atoms with Crippen molar-refractivity contribution in [1.29, 1.82) is 0 Å². The Kier molecular flexibility index (Phi) is 6.10. The molecule has 1 aliphatic rings. The van der Waals surface area contributed by atoms with E-state index in [0.717, 1.165) is 55.6 Å². The van der Waals surface area contributed by atoms with Crippen molar-refractivity contribution in [2.24, 2.45) is 5.92 Å². The summed E-state index contributed by atoms with van der Waals surface area (Å²) in [6.45, 7) is 7.34. The lowest BCUT2D eigenvalue weighted by atomic mass is 9.79. The van der Waals surface area contributed by atoms with Gasteiger partial charge in [-0.3, -0.25) is 4.98 Å². The normalized spacial score (nSPS) is 17.2. The predicted molar refractivity (Wildman–Crippen MR) is 149 cm³/mol. The Balaban J connectivity index is 1.66. The number of nitrogens with zero attached hydrogens (tertiary/aromatic N) is 3. The Bertz CT molecular complexity index is 1630. The van der Waals surface area contributed by atoms with Gasteiger partial charge in [-0.25, -0.2) is 8.78 Å². The molecular weight excluding hydrogens is 496 g/mol. The number of aryl methyl sites for hydroxylation is 2. The zero-order valence-corrected chi connectivity index (χ0v) is 22.7. The third-order valence-corrected chi connectivity index (χ3v) is 8.30. The Morgan fingerprint density at radius 3 is 2.38 bits per heavy atom. The van der Waals surface area contributed by atoms with E-state index < -0.39 is 11.5 Å². The zero-order valence-electron chi connectivity index (χ0n) is 22.7. The maximum Gasteiger partial charge on any atom is 0.248 e. The molecule has 0 saturated heterocycles. The van der Waals surface area contributed by atoms with E-state index in [-0.39, 0.29) is 24.8 Å². The van der Waals surface area contributed by atoms with E-state index in [0.29, 0.717) is 12.8 Å². The average molecular weight is 530 g/mol. The van der Waals surface area contributed by atoms with E-state index in [4.69, 9.17) is 9.51 Å². The van der Waals surface area contributed by atoms with Crippen LogP contribution in [0.25, 0.3) is 33.1 Å². The van der Waals surface area contributed by atoms with Gasteiger partial charge in [0.1, 0.15) is 5.76 Å². The molecule has 0 aliphatic heterocycles. The number of hydrogen-bond donors (Lipinski definition) is 1. The van der Waals surface area contributed by atoms with Crippen LogP contribution >= 0.6 is 0 Å². The Morgan fingerprint density at radius 1 is 1.03 bits per heavy atom. The predicted octanol–water partition coefficient (Wildman–Crippen LogP) is 8.10. The smallest absolute Gasteiger partial charge is 0.248 e. The van der Waals surface area contributed by atoms with Gasteiger partial charge < -0.3 is 14.2 Å². The third-order valence-electron chi connectivity index (χ3n) is 8.30. The molecule has 6 rings (SSSR count). The van der Waals surface area contributed by atoms with E-state index >= 15 is 0 Å². The maximum atomic E-state index is 14.3. The molecular formula is C32H33F2N3O2. The number of benzene rings is 2. The molecule has 7 heteroatoms. The second kappa shape index (κ2) is 9.26. The summed E-state index contributed by atoms with van der Waals surface area (Å²) < 4.78 is 36.3. The van der Waals surface area contributed by atoms with Gasteiger partial charge in [-0.1, -0.05) is 47.6 Å². The summed E-state index contributed by atoms with van der Waals surface area (Å²) in [5.41, 5.74) is 6.09. The van der Waals surface area contributed by atoms with Crippen LogP contribution in [0.5, 0.6) is 0 Å². The highest BCUT2D eigenvalue weighted by Crippen LogP contribution is 2.46. The second-order valence-electron chi connectivity index (χ2n) is 11.5. The summed E-state index contributed by atoms with van der Waals surface area (Å²) in [5, 5.41) is 16.0. The van der Waals surface area contributed by atoms with Gasteiger partial charge in [0.05, 0.1) is 33.9 Å². The van der Waals surface area contributed by atoms with Crippen molar-refractivity contribution in [3.63, 3.8) is 0 Å². The molecule has 202 valence electrons. The standard InChI is InChI=1S/C32H33F2N3O2/c1-19-28(20(2)39-36-19)23-16-27-29(35-18-23)25-11-10-24(31(3,4)38)17-26(25)37(27)30(21-8-6-5-7-9-21)22-12-14-32(33,34)15-13-22/h5-11,16-18,22,30,38H,12-15H2,1-4H3/t30-/m0/s1. The van der Waals surface area contributed by atoms with Crippen LogP contribution in [-0.2, 0) is 5.60 Å². The molecule has 1 fully saturated rings. The van der Waals surface area contributed by atoms with Crippen molar-refractivity contribution >= 4 is 21.9 Å². The number of pyridine rings is 1. The topological polar surface area (TPSA) is 64.1 Å². The average Bonchev–Trinajstić information content (AvgIpc) is 3.40. The number of aliphatic hydroxyl groups is 1. The minimum Gasteiger partial charge on any atom is -0.386 e. The Labute approximate surface area is 226 Å². The van der Waals surface area contributed by atoms with E-state index in [1.165, 1.54) is 0 Å². The summed E-state index contributed by atoms with van der Waals surface area (Å²) in [6, 6.07) is 18.1. The first-order valence-corrected chi connectivity index (χ1v) is 13.6. The van der Waals surface area contributed by atoms with Gasteiger partial charge in [0.15, 0.2) is 0 Å². The zero-order chi connectivity index (χ0) is 27.5. The van der Waals surface area contributed by atoms with Crippen LogP contribution in [0, 0.1) is 19.8 Å². The molecule has 5 nitrogen and oxygen atoms in total. The van der Waals surface area contributed by atoms with E-state index in [1.54, 1.807) is 13.8 Å². The van der Waals surface area contributed by atoms with Crippen molar-refractivity contribution in [2.45, 2.75) is 70.9 Å². The number of alkyl halides is 2. The largest absolute Gasteiger partial charge is 0.386 e. The van der Waals surface area contributed by atoms with Crippen LogP contribution in [0.1, 0.15) is 68.2 Å². The quantitative estimate of drug-likeness (QED) is 0.250. The van der Waals surface area contributed by atoms with Crippen molar-refractivity contribution in [1.82, 2.24) is 14.7 Å². The fraction of sp³-hybridized carbons (Fsp3) is 0.375. The number of hydrogen-bond acceptors (Lipinski definition) is 4. The molecule has 0 amide bonds. The molecule has 1 N–H and O–H groups in total. The molecule has 5 aromatic rings. The summed E-state index contributed by atoms with van der Waals surface area (Å²) in [4.78, 5) is 4.93. The van der Waals surface area contributed by atoms with E-state index in [1.807, 2.05) is 56.4 Å². The van der Waals surface area contributed by atoms with Crippen LogP contribution in [-0.4, -0.2) is 25.7 Å². The van der Waals surface area contributed by atoms with Gasteiger partial charge in [0.2, 0.25) is 5.92 Å². The van der Waals surface area contributed by atoms with E-state index in [9.17, 15) is 13.9 Å². The summed E-state index contributed by atoms with van der Waals surface area (Å²) in [7, 11) is 0. The monoisotopic (exact) mass is 529 g/mol. The van der Waals surface area contributed by atoms with Gasteiger partial charge in [-0.15, -0.1) is 0 Å². The number of aromatic nitrogens is 3. The maximum absolute atomic E-state index is 14.3. The number of halogens is 2. The van der Waals surface area contributed by atoms with Gasteiger partial charge in [-0.05, 0) is 69.7 Å². The highest BCUT2D eigenvalue weighted by Gasteiger charge is 2.39. The molecule has 0 unspecified atom stereocenters. The van der Waals surface area contributed by atoms with E-state index in [2.05, 4.69) is 27.9 Å². The second-order valence-corrected chi connectivity index (χ2v) is 11.5. The molecule has 0 spiro atoms. The SMILES string of the molecule is Cc1noc(C)c1-c1cnc2c3ccc(C(C)(C)O)cc3n([C@@H](c3ccccc3)C3CCC(F)(F)CC3)c2c1.